The van der Waals surface area contributed by atoms with Crippen molar-refractivity contribution in [1.82, 2.24) is 19.5 Å². The predicted octanol–water partition coefficient (Wildman–Crippen LogP) is 9.36. The highest BCUT2D eigenvalue weighted by Crippen LogP contribution is 2.41. The van der Waals surface area contributed by atoms with Gasteiger partial charge in [0.05, 0.1) is 11.0 Å². The standard InChI is InChI=1S/C37H22N4O/c1-3-11-23(12-4-1)35-38-36(24-13-5-2-6-14-24)40-37(39-35)41-30-17-9-7-16-29(30)33-26-19-20-27-25-15-8-10-18-32(25)42-34(27)28(26)21-22-31(33)41/h1-22H. The van der Waals surface area contributed by atoms with Crippen molar-refractivity contribution in [3.63, 3.8) is 0 Å². The molecule has 0 aliphatic rings. The lowest BCUT2D eigenvalue weighted by Gasteiger charge is -2.11. The predicted molar refractivity (Wildman–Crippen MR) is 170 cm³/mol. The van der Waals surface area contributed by atoms with Crippen LogP contribution in [-0.4, -0.2) is 19.5 Å². The third-order valence-corrected chi connectivity index (χ3v) is 8.06. The molecule has 0 aliphatic heterocycles. The fourth-order valence-corrected chi connectivity index (χ4v) is 6.17. The number of benzene rings is 6. The van der Waals surface area contributed by atoms with E-state index >= 15 is 0 Å². The Kier molecular flexibility index (Phi) is 4.83. The summed E-state index contributed by atoms with van der Waals surface area (Å²) in [5, 5.41) is 6.76. The summed E-state index contributed by atoms with van der Waals surface area (Å²) in [5.74, 6) is 1.85. The molecule has 0 spiro atoms. The highest BCUT2D eigenvalue weighted by molar-refractivity contribution is 6.26. The zero-order valence-electron chi connectivity index (χ0n) is 22.4. The van der Waals surface area contributed by atoms with Crippen LogP contribution < -0.4 is 0 Å². The van der Waals surface area contributed by atoms with Gasteiger partial charge in [-0.3, -0.25) is 4.57 Å². The number of hydrogen-bond acceptors (Lipinski definition) is 4. The molecular formula is C37H22N4O. The van der Waals surface area contributed by atoms with E-state index in [0.29, 0.717) is 17.6 Å². The first-order valence-electron chi connectivity index (χ1n) is 14.0. The number of hydrogen-bond donors (Lipinski definition) is 0. The van der Waals surface area contributed by atoms with Crippen LogP contribution in [0.3, 0.4) is 0 Å². The zero-order valence-corrected chi connectivity index (χ0v) is 22.4. The fourth-order valence-electron chi connectivity index (χ4n) is 6.17. The average molecular weight is 539 g/mol. The Morgan fingerprint density at radius 1 is 0.429 bits per heavy atom. The van der Waals surface area contributed by atoms with Crippen molar-refractivity contribution >= 4 is 54.5 Å². The topological polar surface area (TPSA) is 56.7 Å². The van der Waals surface area contributed by atoms with Crippen molar-refractivity contribution in [2.75, 3.05) is 0 Å². The van der Waals surface area contributed by atoms with E-state index in [1.54, 1.807) is 0 Å². The van der Waals surface area contributed by atoms with Gasteiger partial charge in [-0.1, -0.05) is 103 Å². The van der Waals surface area contributed by atoms with Crippen molar-refractivity contribution in [3.05, 3.63) is 133 Å². The van der Waals surface area contributed by atoms with Gasteiger partial charge < -0.3 is 4.42 Å². The Labute approximate surface area is 240 Å². The number of fused-ring (bicyclic) bond motifs is 9. The number of para-hydroxylation sites is 2. The molecule has 0 N–H and O–H groups in total. The summed E-state index contributed by atoms with van der Waals surface area (Å²) in [7, 11) is 0. The van der Waals surface area contributed by atoms with Crippen LogP contribution in [-0.2, 0) is 0 Å². The maximum atomic E-state index is 6.41. The zero-order chi connectivity index (χ0) is 27.6. The lowest BCUT2D eigenvalue weighted by molar-refractivity contribution is 0.672. The molecule has 5 nitrogen and oxygen atoms in total. The second-order valence-corrected chi connectivity index (χ2v) is 10.5. The molecular weight excluding hydrogens is 516 g/mol. The lowest BCUT2D eigenvalue weighted by atomic mass is 10.0. The van der Waals surface area contributed by atoms with E-state index in [4.69, 9.17) is 19.4 Å². The fraction of sp³-hybridized carbons (Fsp3) is 0. The Hall–Kier alpha value is -5.81. The molecule has 0 amide bonds. The van der Waals surface area contributed by atoms with Gasteiger partial charge in [-0.15, -0.1) is 0 Å². The third kappa shape index (κ3) is 3.34. The Bertz CT molecular complexity index is 2400. The van der Waals surface area contributed by atoms with Gasteiger partial charge in [0.25, 0.3) is 0 Å². The van der Waals surface area contributed by atoms with E-state index in [1.165, 1.54) is 0 Å². The monoisotopic (exact) mass is 538 g/mol. The van der Waals surface area contributed by atoms with Gasteiger partial charge >= 0.3 is 0 Å². The normalized spacial score (nSPS) is 11.8. The molecule has 0 bridgehead atoms. The minimum Gasteiger partial charge on any atom is -0.455 e. The second-order valence-electron chi connectivity index (χ2n) is 10.5. The molecule has 196 valence electrons. The first-order valence-corrected chi connectivity index (χ1v) is 14.0. The Morgan fingerprint density at radius 2 is 1.00 bits per heavy atom. The van der Waals surface area contributed by atoms with Crippen LogP contribution in [0, 0.1) is 0 Å². The van der Waals surface area contributed by atoms with E-state index in [0.717, 1.165) is 65.6 Å². The molecule has 3 aromatic heterocycles. The van der Waals surface area contributed by atoms with Crippen molar-refractivity contribution in [1.29, 1.82) is 0 Å². The highest BCUT2D eigenvalue weighted by Gasteiger charge is 2.20. The first kappa shape index (κ1) is 22.9. The van der Waals surface area contributed by atoms with Gasteiger partial charge in [0.15, 0.2) is 11.6 Å². The minimum atomic E-state index is 0.582. The molecule has 0 fully saturated rings. The van der Waals surface area contributed by atoms with Crippen LogP contribution in [0.4, 0.5) is 0 Å². The van der Waals surface area contributed by atoms with Crippen molar-refractivity contribution < 1.29 is 4.42 Å². The first-order chi connectivity index (χ1) is 20.8. The van der Waals surface area contributed by atoms with Gasteiger partial charge in [0.1, 0.15) is 11.2 Å². The minimum absolute atomic E-state index is 0.582. The molecule has 42 heavy (non-hydrogen) atoms. The largest absolute Gasteiger partial charge is 0.455 e. The van der Waals surface area contributed by atoms with E-state index in [9.17, 15) is 0 Å². The molecule has 0 radical (unpaired) electrons. The van der Waals surface area contributed by atoms with Gasteiger partial charge in [-0.25, -0.2) is 4.98 Å². The van der Waals surface area contributed by atoms with Crippen molar-refractivity contribution in [3.8, 4) is 28.7 Å². The number of rotatable bonds is 3. The van der Waals surface area contributed by atoms with Gasteiger partial charge in [0.2, 0.25) is 5.95 Å². The molecule has 9 aromatic rings. The van der Waals surface area contributed by atoms with Crippen LogP contribution in [0.2, 0.25) is 0 Å². The second kappa shape index (κ2) is 8.85. The molecule has 0 saturated carbocycles. The molecule has 0 unspecified atom stereocenters. The van der Waals surface area contributed by atoms with Crippen LogP contribution in [0.5, 0.6) is 0 Å². The van der Waals surface area contributed by atoms with Gasteiger partial charge in [0, 0.05) is 38.1 Å². The average Bonchev–Trinajstić information content (AvgIpc) is 3.61. The van der Waals surface area contributed by atoms with Crippen LogP contribution in [0.1, 0.15) is 0 Å². The summed E-state index contributed by atoms with van der Waals surface area (Å²) >= 11 is 0. The van der Waals surface area contributed by atoms with Crippen LogP contribution >= 0.6 is 0 Å². The van der Waals surface area contributed by atoms with Crippen molar-refractivity contribution in [2.24, 2.45) is 0 Å². The van der Waals surface area contributed by atoms with Gasteiger partial charge in [-0.2, -0.15) is 9.97 Å². The quantitative estimate of drug-likeness (QED) is 0.225. The third-order valence-electron chi connectivity index (χ3n) is 8.06. The maximum Gasteiger partial charge on any atom is 0.238 e. The highest BCUT2D eigenvalue weighted by atomic mass is 16.3. The maximum absolute atomic E-state index is 6.41. The summed E-state index contributed by atoms with van der Waals surface area (Å²) < 4.78 is 8.57. The molecule has 3 heterocycles. The SMILES string of the molecule is c1ccc(-c2nc(-c3ccccc3)nc(-n3c4ccccc4c4c5ccc6c7ccccc7oc6c5ccc43)n2)cc1. The summed E-state index contributed by atoms with van der Waals surface area (Å²) in [6.45, 7) is 0. The molecule has 0 aliphatic carbocycles. The van der Waals surface area contributed by atoms with E-state index in [-0.39, 0.29) is 0 Å². The number of nitrogens with zero attached hydrogens (tertiary/aromatic N) is 4. The van der Waals surface area contributed by atoms with Crippen LogP contribution in [0.25, 0.3) is 83.2 Å². The van der Waals surface area contributed by atoms with Crippen LogP contribution in [0.15, 0.2) is 138 Å². The van der Waals surface area contributed by atoms with Crippen molar-refractivity contribution in [2.45, 2.75) is 0 Å². The van der Waals surface area contributed by atoms with Gasteiger partial charge in [-0.05, 0) is 35.7 Å². The summed E-state index contributed by atoms with van der Waals surface area (Å²) in [6.07, 6.45) is 0. The smallest absolute Gasteiger partial charge is 0.238 e. The lowest BCUT2D eigenvalue weighted by Crippen LogP contribution is -2.06. The molecule has 6 aromatic carbocycles. The molecule has 9 rings (SSSR count). The Balaban J connectivity index is 1.38. The molecule has 5 heteroatoms. The number of aromatic nitrogens is 4. The summed E-state index contributed by atoms with van der Waals surface area (Å²) in [5.41, 5.74) is 5.76. The molecule has 0 saturated heterocycles. The summed E-state index contributed by atoms with van der Waals surface area (Å²) in [6, 6.07) is 45.6. The van der Waals surface area contributed by atoms with E-state index < -0.39 is 0 Å². The number of furan rings is 1. The van der Waals surface area contributed by atoms with E-state index in [2.05, 4.69) is 65.2 Å². The molecule has 0 atom stereocenters. The summed E-state index contributed by atoms with van der Waals surface area (Å²) in [4.78, 5) is 15.0. The van der Waals surface area contributed by atoms with E-state index in [1.807, 2.05) is 72.8 Å². The Morgan fingerprint density at radius 3 is 1.74 bits per heavy atom.